The van der Waals surface area contributed by atoms with E-state index in [0.29, 0.717) is 19.0 Å². The average molecular weight is 394 g/mol. The average Bonchev–Trinajstić information content (AvgIpc) is 3.27. The summed E-state index contributed by atoms with van der Waals surface area (Å²) in [5, 5.41) is 5.05. The third-order valence-corrected chi connectivity index (χ3v) is 5.91. The molecule has 1 saturated heterocycles. The van der Waals surface area contributed by atoms with Crippen LogP contribution in [0.4, 0.5) is 0 Å². The standard InChI is InChI=1S/C21H23N5OS/c27-20(24-11-18-4-2-10-28-18)14-26-9-1-3-17(13-26)21-19(12-23-15-25-21)16-5-7-22-8-6-16/h2,4-8,10,12,15,17H,1,3,9,11,13-14H2,(H,24,27)/t17-/m1/s1. The highest BCUT2D eigenvalue weighted by Gasteiger charge is 2.26. The Bertz CT molecular complexity index is 900. The molecule has 28 heavy (non-hydrogen) atoms. The lowest BCUT2D eigenvalue weighted by molar-refractivity contribution is -0.122. The van der Waals surface area contributed by atoms with E-state index in [0.717, 1.165) is 42.8 Å². The largest absolute Gasteiger partial charge is 0.350 e. The van der Waals surface area contributed by atoms with Crippen LogP contribution in [0.5, 0.6) is 0 Å². The van der Waals surface area contributed by atoms with Crippen LogP contribution in [0.2, 0.25) is 0 Å². The van der Waals surface area contributed by atoms with Crippen molar-refractivity contribution in [2.75, 3.05) is 19.6 Å². The smallest absolute Gasteiger partial charge is 0.234 e. The highest BCUT2D eigenvalue weighted by Crippen LogP contribution is 2.32. The van der Waals surface area contributed by atoms with Crippen molar-refractivity contribution in [3.63, 3.8) is 0 Å². The van der Waals surface area contributed by atoms with Gasteiger partial charge in [-0.1, -0.05) is 6.07 Å². The molecule has 6 nitrogen and oxygen atoms in total. The lowest BCUT2D eigenvalue weighted by atomic mass is 9.90. The third kappa shape index (κ3) is 4.61. The molecule has 1 N–H and O–H groups in total. The van der Waals surface area contributed by atoms with Gasteiger partial charge in [0.2, 0.25) is 5.91 Å². The quantitative estimate of drug-likeness (QED) is 0.697. The number of rotatable bonds is 6. The number of amides is 1. The minimum absolute atomic E-state index is 0.0751. The van der Waals surface area contributed by atoms with Gasteiger partial charge in [0, 0.05) is 41.5 Å². The van der Waals surface area contributed by atoms with Gasteiger partial charge < -0.3 is 5.32 Å². The number of aromatic nitrogens is 3. The minimum atomic E-state index is 0.0751. The molecule has 3 aromatic rings. The summed E-state index contributed by atoms with van der Waals surface area (Å²) in [6.07, 6.45) is 9.20. The van der Waals surface area contributed by atoms with E-state index in [9.17, 15) is 4.79 Å². The molecular formula is C21H23N5OS. The maximum atomic E-state index is 12.4. The van der Waals surface area contributed by atoms with Gasteiger partial charge in [0.1, 0.15) is 6.33 Å². The van der Waals surface area contributed by atoms with Crippen molar-refractivity contribution in [3.05, 3.63) is 65.1 Å². The Kier molecular flexibility index (Phi) is 6.04. The SMILES string of the molecule is O=C(CN1CCC[C@@H](c2ncncc2-c2ccncc2)C1)NCc1cccs1. The molecule has 1 atom stereocenters. The van der Waals surface area contributed by atoms with Crippen LogP contribution in [0.15, 0.2) is 54.6 Å². The lowest BCUT2D eigenvalue weighted by Gasteiger charge is -2.32. The Balaban J connectivity index is 1.41. The van der Waals surface area contributed by atoms with Crippen molar-refractivity contribution in [3.8, 4) is 11.1 Å². The van der Waals surface area contributed by atoms with Crippen molar-refractivity contribution in [2.24, 2.45) is 0 Å². The molecule has 1 fully saturated rings. The predicted molar refractivity (Wildman–Crippen MR) is 110 cm³/mol. The van der Waals surface area contributed by atoms with Crippen molar-refractivity contribution < 1.29 is 4.79 Å². The van der Waals surface area contributed by atoms with E-state index < -0.39 is 0 Å². The summed E-state index contributed by atoms with van der Waals surface area (Å²) in [4.78, 5) is 28.7. The molecule has 144 valence electrons. The van der Waals surface area contributed by atoms with Gasteiger partial charge in [-0.25, -0.2) is 9.97 Å². The highest BCUT2D eigenvalue weighted by molar-refractivity contribution is 7.09. The van der Waals surface area contributed by atoms with Crippen LogP contribution in [0.1, 0.15) is 29.3 Å². The normalized spacial score (nSPS) is 17.4. The molecular weight excluding hydrogens is 370 g/mol. The Morgan fingerprint density at radius 2 is 2.14 bits per heavy atom. The molecule has 4 heterocycles. The van der Waals surface area contributed by atoms with E-state index in [2.05, 4.69) is 25.2 Å². The summed E-state index contributed by atoms with van der Waals surface area (Å²) in [6.45, 7) is 2.81. The van der Waals surface area contributed by atoms with Gasteiger partial charge in [0.25, 0.3) is 0 Å². The number of thiophene rings is 1. The number of pyridine rings is 1. The minimum Gasteiger partial charge on any atom is -0.350 e. The number of hydrogen-bond acceptors (Lipinski definition) is 6. The van der Waals surface area contributed by atoms with Crippen LogP contribution in [0, 0.1) is 0 Å². The highest BCUT2D eigenvalue weighted by atomic mass is 32.1. The Morgan fingerprint density at radius 3 is 2.96 bits per heavy atom. The lowest BCUT2D eigenvalue weighted by Crippen LogP contribution is -2.42. The fourth-order valence-electron chi connectivity index (χ4n) is 3.70. The maximum Gasteiger partial charge on any atom is 0.234 e. The fraction of sp³-hybridized carbons (Fsp3) is 0.333. The second-order valence-corrected chi connectivity index (χ2v) is 8.02. The molecule has 0 radical (unpaired) electrons. The first kappa shape index (κ1) is 18.7. The van der Waals surface area contributed by atoms with E-state index in [4.69, 9.17) is 0 Å². The number of likely N-dealkylation sites (tertiary alicyclic amines) is 1. The Hall–Kier alpha value is -2.64. The maximum absolute atomic E-state index is 12.4. The summed E-state index contributed by atoms with van der Waals surface area (Å²) in [5.74, 6) is 0.371. The second kappa shape index (κ2) is 9.03. The van der Waals surface area contributed by atoms with Crippen molar-refractivity contribution in [2.45, 2.75) is 25.3 Å². The first-order chi connectivity index (χ1) is 13.8. The molecule has 1 aliphatic rings. The number of nitrogens with one attached hydrogen (secondary N) is 1. The molecule has 0 aliphatic carbocycles. The first-order valence-corrected chi connectivity index (χ1v) is 10.4. The monoisotopic (exact) mass is 393 g/mol. The number of carbonyl (C=O) groups excluding carboxylic acids is 1. The van der Waals surface area contributed by atoms with Crippen LogP contribution < -0.4 is 5.32 Å². The van der Waals surface area contributed by atoms with Crippen molar-refractivity contribution in [1.82, 2.24) is 25.2 Å². The van der Waals surface area contributed by atoms with Crippen molar-refractivity contribution in [1.29, 1.82) is 0 Å². The molecule has 0 unspecified atom stereocenters. The molecule has 3 aromatic heterocycles. The first-order valence-electron chi connectivity index (χ1n) is 9.51. The van der Waals surface area contributed by atoms with Crippen molar-refractivity contribution >= 4 is 17.2 Å². The van der Waals surface area contributed by atoms with Gasteiger partial charge in [-0.3, -0.25) is 14.7 Å². The van der Waals surface area contributed by atoms with Crippen LogP contribution >= 0.6 is 11.3 Å². The Morgan fingerprint density at radius 1 is 1.25 bits per heavy atom. The van der Waals surface area contributed by atoms with Crippen LogP contribution in [0.3, 0.4) is 0 Å². The topological polar surface area (TPSA) is 71.0 Å². The van der Waals surface area contributed by atoms with Crippen LogP contribution in [-0.2, 0) is 11.3 Å². The van der Waals surface area contributed by atoms with Gasteiger partial charge in [-0.05, 0) is 48.5 Å². The molecule has 0 spiro atoms. The molecule has 7 heteroatoms. The van der Waals surface area contributed by atoms with Crippen LogP contribution in [0.25, 0.3) is 11.1 Å². The summed E-state index contributed by atoms with van der Waals surface area (Å²) in [6, 6.07) is 8.02. The number of carbonyl (C=O) groups is 1. The van der Waals surface area contributed by atoms with E-state index in [1.807, 2.05) is 35.8 Å². The van der Waals surface area contributed by atoms with E-state index >= 15 is 0 Å². The summed E-state index contributed by atoms with van der Waals surface area (Å²) >= 11 is 1.66. The molecule has 0 aromatic carbocycles. The zero-order valence-electron chi connectivity index (χ0n) is 15.6. The Labute approximate surface area is 168 Å². The molecule has 1 aliphatic heterocycles. The summed E-state index contributed by atoms with van der Waals surface area (Å²) in [5.41, 5.74) is 3.19. The fourth-order valence-corrected chi connectivity index (χ4v) is 4.34. The van der Waals surface area contributed by atoms with Gasteiger partial charge in [-0.15, -0.1) is 11.3 Å². The number of hydrogen-bond donors (Lipinski definition) is 1. The zero-order valence-corrected chi connectivity index (χ0v) is 16.4. The van der Waals surface area contributed by atoms with Gasteiger partial charge in [-0.2, -0.15) is 0 Å². The molecule has 1 amide bonds. The number of nitrogens with zero attached hydrogens (tertiary/aromatic N) is 4. The van der Waals surface area contributed by atoms with E-state index in [-0.39, 0.29) is 5.91 Å². The second-order valence-electron chi connectivity index (χ2n) is 6.99. The van der Waals surface area contributed by atoms with Crippen LogP contribution in [-0.4, -0.2) is 45.4 Å². The third-order valence-electron chi connectivity index (χ3n) is 5.03. The molecule has 0 saturated carbocycles. The predicted octanol–water partition coefficient (Wildman–Crippen LogP) is 3.10. The van der Waals surface area contributed by atoms with Gasteiger partial charge in [0.15, 0.2) is 0 Å². The van der Waals surface area contributed by atoms with Gasteiger partial charge in [0.05, 0.1) is 18.8 Å². The molecule has 4 rings (SSSR count). The van der Waals surface area contributed by atoms with E-state index in [1.54, 1.807) is 30.1 Å². The summed E-state index contributed by atoms with van der Waals surface area (Å²) in [7, 11) is 0. The van der Waals surface area contributed by atoms with Gasteiger partial charge >= 0.3 is 0 Å². The molecule has 0 bridgehead atoms. The van der Waals surface area contributed by atoms with E-state index in [1.165, 1.54) is 4.88 Å². The number of piperidine rings is 1. The zero-order chi connectivity index (χ0) is 19.2. The summed E-state index contributed by atoms with van der Waals surface area (Å²) < 4.78 is 0.